The summed E-state index contributed by atoms with van der Waals surface area (Å²) < 4.78 is 27.6. The maximum absolute atomic E-state index is 13.1. The van der Waals surface area contributed by atoms with Gasteiger partial charge in [-0.2, -0.15) is 4.31 Å². The van der Waals surface area contributed by atoms with E-state index in [9.17, 15) is 8.42 Å². The van der Waals surface area contributed by atoms with Gasteiger partial charge in [-0.1, -0.05) is 24.3 Å². The van der Waals surface area contributed by atoms with E-state index < -0.39 is 10.0 Å². The van der Waals surface area contributed by atoms with Crippen molar-refractivity contribution in [1.29, 1.82) is 0 Å². The van der Waals surface area contributed by atoms with Gasteiger partial charge in [-0.05, 0) is 60.7 Å². The fourth-order valence-electron chi connectivity index (χ4n) is 4.78. The predicted octanol–water partition coefficient (Wildman–Crippen LogP) is 4.10. The van der Waals surface area contributed by atoms with E-state index in [-0.39, 0.29) is 17.5 Å². The smallest absolute Gasteiger partial charge is 0.243 e. The van der Waals surface area contributed by atoms with Gasteiger partial charge in [0.2, 0.25) is 10.0 Å². The second-order valence-electron chi connectivity index (χ2n) is 9.12. The number of nitrogens with one attached hydrogen (secondary N) is 1. The van der Waals surface area contributed by atoms with Crippen LogP contribution in [0.15, 0.2) is 84.3 Å². The van der Waals surface area contributed by atoms with Crippen LogP contribution in [0, 0.1) is 0 Å². The highest BCUT2D eigenvalue weighted by atomic mass is 32.2. The van der Waals surface area contributed by atoms with Crippen molar-refractivity contribution in [2.75, 3.05) is 7.05 Å². The Morgan fingerprint density at radius 3 is 2.50 bits per heavy atom. The molecule has 36 heavy (non-hydrogen) atoms. The number of fused-ring (bicyclic) bond motifs is 1. The van der Waals surface area contributed by atoms with Gasteiger partial charge in [-0.3, -0.25) is 14.9 Å². The van der Waals surface area contributed by atoms with Crippen molar-refractivity contribution in [3.05, 3.63) is 108 Å². The molecule has 0 bridgehead atoms. The van der Waals surface area contributed by atoms with Crippen LogP contribution in [0.2, 0.25) is 0 Å². The molecule has 186 valence electrons. The van der Waals surface area contributed by atoms with E-state index in [0.29, 0.717) is 18.8 Å². The van der Waals surface area contributed by atoms with Crippen LogP contribution in [0.25, 0.3) is 0 Å². The average molecular weight is 503 g/mol. The van der Waals surface area contributed by atoms with E-state index >= 15 is 0 Å². The molecule has 0 saturated carbocycles. The summed E-state index contributed by atoms with van der Waals surface area (Å²) in [6.07, 6.45) is 10.3. The van der Waals surface area contributed by atoms with Crippen LogP contribution in [-0.2, 0) is 36.1 Å². The third-order valence-electron chi connectivity index (χ3n) is 6.64. The van der Waals surface area contributed by atoms with Crippen LogP contribution >= 0.6 is 0 Å². The minimum atomic E-state index is -3.63. The Hall–Kier alpha value is -3.40. The normalized spacial score (nSPS) is 15.8. The SMILES string of the molecule is CN(Cc1ccccn1)S(=O)(=O)c1ccc(CN(Cc2ncc[nH]2)C2CCCc3cccnc32)cc1. The topological polar surface area (TPSA) is 95.1 Å². The van der Waals surface area contributed by atoms with Gasteiger partial charge in [0.25, 0.3) is 0 Å². The van der Waals surface area contributed by atoms with E-state index in [2.05, 4.69) is 25.9 Å². The molecule has 4 aromatic rings. The Balaban J connectivity index is 1.36. The molecule has 0 spiro atoms. The van der Waals surface area contributed by atoms with Gasteiger partial charge >= 0.3 is 0 Å². The number of hydrogen-bond donors (Lipinski definition) is 1. The van der Waals surface area contributed by atoms with Crippen LogP contribution in [-0.4, -0.2) is 44.6 Å². The number of H-pyrrole nitrogens is 1. The van der Waals surface area contributed by atoms with Gasteiger partial charge in [-0.15, -0.1) is 0 Å². The summed E-state index contributed by atoms with van der Waals surface area (Å²) in [5.74, 6) is 0.897. The van der Waals surface area contributed by atoms with Gasteiger partial charge in [0, 0.05) is 38.4 Å². The zero-order chi connectivity index (χ0) is 25.0. The molecule has 1 aromatic carbocycles. The Bertz CT molecular complexity index is 1380. The molecule has 1 aliphatic carbocycles. The molecule has 5 rings (SSSR count). The lowest BCUT2D eigenvalue weighted by Crippen LogP contribution is -2.32. The van der Waals surface area contributed by atoms with Gasteiger partial charge < -0.3 is 4.98 Å². The third kappa shape index (κ3) is 5.38. The molecular weight excluding hydrogens is 472 g/mol. The number of sulfonamides is 1. The third-order valence-corrected chi connectivity index (χ3v) is 8.46. The molecule has 0 fully saturated rings. The fourth-order valence-corrected chi connectivity index (χ4v) is 5.92. The number of benzene rings is 1. The molecule has 3 aromatic heterocycles. The number of aryl methyl sites for hydroxylation is 1. The predicted molar refractivity (Wildman–Crippen MR) is 137 cm³/mol. The first kappa shape index (κ1) is 24.3. The second kappa shape index (κ2) is 10.7. The molecule has 0 amide bonds. The Labute approximate surface area is 212 Å². The minimum Gasteiger partial charge on any atom is -0.348 e. The number of nitrogens with zero attached hydrogens (tertiary/aromatic N) is 5. The largest absolute Gasteiger partial charge is 0.348 e. The van der Waals surface area contributed by atoms with Crippen molar-refractivity contribution in [2.24, 2.45) is 0 Å². The number of pyridine rings is 2. The lowest BCUT2D eigenvalue weighted by atomic mass is 9.90. The molecule has 1 N–H and O–H groups in total. The monoisotopic (exact) mass is 502 g/mol. The quantitative estimate of drug-likeness (QED) is 0.370. The maximum atomic E-state index is 13.1. The molecule has 9 heteroatoms. The van der Waals surface area contributed by atoms with E-state index in [1.165, 1.54) is 9.87 Å². The van der Waals surface area contributed by atoms with Crippen LogP contribution in [0.5, 0.6) is 0 Å². The van der Waals surface area contributed by atoms with Crippen LogP contribution < -0.4 is 0 Å². The van der Waals surface area contributed by atoms with Gasteiger partial charge in [-0.25, -0.2) is 13.4 Å². The van der Waals surface area contributed by atoms with E-state index in [0.717, 1.165) is 36.3 Å². The summed E-state index contributed by atoms with van der Waals surface area (Å²) in [6.45, 7) is 1.53. The van der Waals surface area contributed by atoms with Gasteiger partial charge in [0.15, 0.2) is 0 Å². The first-order valence-corrected chi connectivity index (χ1v) is 13.6. The van der Waals surface area contributed by atoms with E-state index in [1.54, 1.807) is 31.6 Å². The fraction of sp³-hybridized carbons (Fsp3) is 0.296. The van der Waals surface area contributed by atoms with Crippen molar-refractivity contribution in [1.82, 2.24) is 29.1 Å². The average Bonchev–Trinajstić information content (AvgIpc) is 3.42. The summed E-state index contributed by atoms with van der Waals surface area (Å²) in [7, 11) is -2.05. The zero-order valence-electron chi connectivity index (χ0n) is 20.3. The molecule has 0 saturated heterocycles. The summed E-state index contributed by atoms with van der Waals surface area (Å²) in [4.78, 5) is 19.3. The lowest BCUT2D eigenvalue weighted by molar-refractivity contribution is 0.153. The number of hydrogen-bond acceptors (Lipinski definition) is 6. The number of aromatic amines is 1. The molecule has 1 aliphatic rings. The number of rotatable bonds is 9. The molecule has 1 unspecified atom stereocenters. The van der Waals surface area contributed by atoms with E-state index in [1.807, 2.05) is 48.8 Å². The van der Waals surface area contributed by atoms with E-state index in [4.69, 9.17) is 4.98 Å². The van der Waals surface area contributed by atoms with Crippen molar-refractivity contribution in [2.45, 2.75) is 49.8 Å². The van der Waals surface area contributed by atoms with Crippen LogP contribution in [0.3, 0.4) is 0 Å². The zero-order valence-corrected chi connectivity index (χ0v) is 21.1. The first-order chi connectivity index (χ1) is 17.5. The summed E-state index contributed by atoms with van der Waals surface area (Å²) >= 11 is 0. The molecule has 8 nitrogen and oxygen atoms in total. The highest BCUT2D eigenvalue weighted by Crippen LogP contribution is 2.34. The van der Waals surface area contributed by atoms with Crippen LogP contribution in [0.4, 0.5) is 0 Å². The van der Waals surface area contributed by atoms with Gasteiger partial charge in [0.1, 0.15) is 5.82 Å². The maximum Gasteiger partial charge on any atom is 0.243 e. The van der Waals surface area contributed by atoms with Crippen molar-refractivity contribution >= 4 is 10.0 Å². The van der Waals surface area contributed by atoms with Gasteiger partial charge in [0.05, 0.1) is 35.4 Å². The Kier molecular flexibility index (Phi) is 7.22. The van der Waals surface area contributed by atoms with Crippen LogP contribution in [0.1, 0.15) is 47.2 Å². The second-order valence-corrected chi connectivity index (χ2v) is 11.2. The Morgan fingerprint density at radius 1 is 0.917 bits per heavy atom. The minimum absolute atomic E-state index is 0.174. The molecule has 3 heterocycles. The van der Waals surface area contributed by atoms with Crippen molar-refractivity contribution in [3.63, 3.8) is 0 Å². The highest BCUT2D eigenvalue weighted by Gasteiger charge is 2.28. The number of imidazole rings is 1. The van der Waals surface area contributed by atoms with Crippen molar-refractivity contribution in [3.8, 4) is 0 Å². The Morgan fingerprint density at radius 2 is 1.75 bits per heavy atom. The summed E-state index contributed by atoms with van der Waals surface area (Å²) in [5, 5.41) is 0. The highest BCUT2D eigenvalue weighted by molar-refractivity contribution is 7.89. The first-order valence-electron chi connectivity index (χ1n) is 12.1. The standard InChI is InChI=1S/C27H30N6O2S/c1-32(19-23-8-2-3-14-28-23)36(34,35)24-12-10-21(11-13-24)18-33(20-26-29-16-17-30-26)25-9-4-6-22-7-5-15-31-27(22)25/h2-3,5,7-8,10-17,25H,4,6,9,18-20H2,1H3,(H,29,30). The molecule has 0 radical (unpaired) electrons. The molecule has 1 atom stereocenters. The molecular formula is C27H30N6O2S. The number of aromatic nitrogens is 4. The summed E-state index contributed by atoms with van der Waals surface area (Å²) in [5.41, 5.74) is 4.17. The van der Waals surface area contributed by atoms with Crippen molar-refractivity contribution < 1.29 is 8.42 Å². The lowest BCUT2D eigenvalue weighted by Gasteiger charge is -2.34. The summed E-state index contributed by atoms with van der Waals surface area (Å²) in [6, 6.07) is 17.0. The molecule has 0 aliphatic heterocycles.